The van der Waals surface area contributed by atoms with Gasteiger partial charge in [0.05, 0.1) is 17.9 Å². The summed E-state index contributed by atoms with van der Waals surface area (Å²) in [6.45, 7) is 2.32. The molecule has 0 saturated carbocycles. The van der Waals surface area contributed by atoms with Gasteiger partial charge in [0.2, 0.25) is 0 Å². The smallest absolute Gasteiger partial charge is 0.340 e. The Morgan fingerprint density at radius 1 is 1.38 bits per heavy atom. The maximum absolute atomic E-state index is 12.3. The molecule has 0 fully saturated rings. The first-order chi connectivity index (χ1) is 12.7. The van der Waals surface area contributed by atoms with Crippen molar-refractivity contribution in [2.75, 3.05) is 17.2 Å². The number of aromatic nitrogens is 1. The number of anilines is 2. The summed E-state index contributed by atoms with van der Waals surface area (Å²) in [5.74, 6) is -1.15. The fourth-order valence-electron chi connectivity index (χ4n) is 1.92. The molecule has 0 radical (unpaired) electrons. The third-order valence-electron chi connectivity index (χ3n) is 3.26. The Balaban J connectivity index is 2.09. The van der Waals surface area contributed by atoms with Crippen molar-refractivity contribution in [2.24, 2.45) is 0 Å². The monoisotopic (exact) mass is 370 g/mol. The van der Waals surface area contributed by atoms with Gasteiger partial charge in [-0.25, -0.2) is 9.78 Å². The number of unbranched alkanes of at least 4 members (excludes halogenated alkanes) is 1. The number of carbonyl (C=O) groups is 2. The zero-order chi connectivity index (χ0) is 18.8. The van der Waals surface area contributed by atoms with E-state index in [1.807, 2.05) is 13.0 Å². The second-order valence-electron chi connectivity index (χ2n) is 5.14. The number of hydrogen-bond donors (Lipinski definition) is 2. The second kappa shape index (κ2) is 9.96. The lowest BCUT2D eigenvalue weighted by Crippen LogP contribution is -2.17. The minimum atomic E-state index is -0.634. The quantitative estimate of drug-likeness (QED) is 0.319. The van der Waals surface area contributed by atoms with E-state index in [-0.39, 0.29) is 16.8 Å². The molecule has 26 heavy (non-hydrogen) atoms. The molecule has 7 nitrogen and oxygen atoms in total. The number of esters is 1. The zero-order valence-electron chi connectivity index (χ0n) is 14.2. The zero-order valence-corrected chi connectivity index (χ0v) is 15.0. The van der Waals surface area contributed by atoms with Crippen molar-refractivity contribution in [3.63, 3.8) is 0 Å². The number of thiazole rings is 1. The van der Waals surface area contributed by atoms with Gasteiger partial charge in [-0.2, -0.15) is 5.26 Å². The van der Waals surface area contributed by atoms with Crippen molar-refractivity contribution in [2.45, 2.75) is 19.8 Å². The molecule has 0 aliphatic heterocycles. The molecule has 0 aliphatic rings. The molecule has 8 heteroatoms. The lowest BCUT2D eigenvalue weighted by molar-refractivity contribution is -0.112. The fourth-order valence-corrected chi connectivity index (χ4v) is 2.42. The highest BCUT2D eigenvalue weighted by atomic mass is 32.1. The summed E-state index contributed by atoms with van der Waals surface area (Å²) in [6, 6.07) is 8.33. The summed E-state index contributed by atoms with van der Waals surface area (Å²) >= 11 is 1.34. The van der Waals surface area contributed by atoms with Crippen molar-refractivity contribution < 1.29 is 14.3 Å². The molecule has 0 spiro atoms. The van der Waals surface area contributed by atoms with E-state index < -0.39 is 11.9 Å². The largest absolute Gasteiger partial charge is 0.462 e. The van der Waals surface area contributed by atoms with Gasteiger partial charge in [0.1, 0.15) is 11.6 Å². The van der Waals surface area contributed by atoms with Crippen LogP contribution in [0.5, 0.6) is 0 Å². The predicted molar refractivity (Wildman–Crippen MR) is 99.7 cm³/mol. The van der Waals surface area contributed by atoms with E-state index in [2.05, 4.69) is 15.6 Å². The van der Waals surface area contributed by atoms with Gasteiger partial charge >= 0.3 is 5.97 Å². The Labute approximate surface area is 155 Å². The molecule has 1 aromatic carbocycles. The van der Waals surface area contributed by atoms with Crippen LogP contribution >= 0.6 is 11.3 Å². The lowest BCUT2D eigenvalue weighted by atomic mass is 10.1. The van der Waals surface area contributed by atoms with Crippen LogP contribution < -0.4 is 10.6 Å². The van der Waals surface area contributed by atoms with Crippen molar-refractivity contribution in [3.8, 4) is 6.07 Å². The third-order valence-corrected chi connectivity index (χ3v) is 3.97. The first-order valence-electron chi connectivity index (χ1n) is 7.99. The molecule has 0 saturated heterocycles. The summed E-state index contributed by atoms with van der Waals surface area (Å²) in [6.07, 6.45) is 4.56. The number of nitrogens with zero attached hydrogens (tertiary/aromatic N) is 2. The number of carbonyl (C=O) groups excluding carboxylic acids is 2. The van der Waals surface area contributed by atoms with E-state index in [1.54, 1.807) is 35.8 Å². The van der Waals surface area contributed by atoms with Crippen LogP contribution in [0.3, 0.4) is 0 Å². The van der Waals surface area contributed by atoms with E-state index >= 15 is 0 Å². The van der Waals surface area contributed by atoms with E-state index in [9.17, 15) is 14.9 Å². The topological polar surface area (TPSA) is 104 Å². The molecule has 1 heterocycles. The Bertz CT molecular complexity index is 825. The molecule has 2 N–H and O–H groups in total. The predicted octanol–water partition coefficient (Wildman–Crippen LogP) is 3.56. The van der Waals surface area contributed by atoms with Gasteiger partial charge in [0.25, 0.3) is 5.91 Å². The first-order valence-corrected chi connectivity index (χ1v) is 8.87. The number of rotatable bonds is 8. The summed E-state index contributed by atoms with van der Waals surface area (Å²) in [5.41, 5.74) is 0.380. The number of para-hydroxylation sites is 1. The molecule has 1 aromatic heterocycles. The van der Waals surface area contributed by atoms with Crippen LogP contribution in [0, 0.1) is 11.3 Å². The standard InChI is InChI=1S/C18H18N4O3S/c1-2-3-9-25-17(24)14-6-4-5-7-15(14)22-16(23)13(11-19)12-21-18-20-8-10-26-18/h4-8,10,12H,2-3,9H2,1H3,(H,20,21)(H,22,23)/b13-12-. The summed E-state index contributed by atoms with van der Waals surface area (Å²) in [5, 5.41) is 16.9. The van der Waals surface area contributed by atoms with Gasteiger partial charge in [0.15, 0.2) is 5.13 Å². The molecule has 0 aliphatic carbocycles. The van der Waals surface area contributed by atoms with Crippen LogP contribution in [-0.4, -0.2) is 23.5 Å². The number of hydrogen-bond acceptors (Lipinski definition) is 7. The molecule has 134 valence electrons. The first kappa shape index (κ1) is 19.1. The number of benzene rings is 1. The minimum Gasteiger partial charge on any atom is -0.462 e. The Morgan fingerprint density at radius 2 is 2.19 bits per heavy atom. The highest BCUT2D eigenvalue weighted by Gasteiger charge is 2.16. The van der Waals surface area contributed by atoms with Crippen molar-refractivity contribution in [1.82, 2.24) is 4.98 Å². The lowest BCUT2D eigenvalue weighted by Gasteiger charge is -2.10. The third kappa shape index (κ3) is 5.43. The van der Waals surface area contributed by atoms with E-state index in [0.717, 1.165) is 12.8 Å². The summed E-state index contributed by atoms with van der Waals surface area (Å²) in [7, 11) is 0. The summed E-state index contributed by atoms with van der Waals surface area (Å²) in [4.78, 5) is 28.5. The maximum atomic E-state index is 12.3. The van der Waals surface area contributed by atoms with Crippen molar-refractivity contribution in [3.05, 3.63) is 53.2 Å². The molecule has 0 bridgehead atoms. The van der Waals surface area contributed by atoms with Crippen LogP contribution in [0.1, 0.15) is 30.1 Å². The number of nitrogens with one attached hydrogen (secondary N) is 2. The van der Waals surface area contributed by atoms with Crippen molar-refractivity contribution in [1.29, 1.82) is 5.26 Å². The minimum absolute atomic E-state index is 0.144. The molecule has 0 atom stereocenters. The highest BCUT2D eigenvalue weighted by molar-refractivity contribution is 7.13. The highest BCUT2D eigenvalue weighted by Crippen LogP contribution is 2.18. The number of amides is 1. The second-order valence-corrected chi connectivity index (χ2v) is 6.04. The maximum Gasteiger partial charge on any atom is 0.340 e. The van der Waals surface area contributed by atoms with Gasteiger partial charge in [-0.1, -0.05) is 25.5 Å². The normalized spacial score (nSPS) is 10.7. The molecule has 0 unspecified atom stereocenters. The fraction of sp³-hybridized carbons (Fsp3) is 0.222. The summed E-state index contributed by atoms with van der Waals surface area (Å²) < 4.78 is 5.18. The van der Waals surface area contributed by atoms with Crippen LogP contribution in [0.2, 0.25) is 0 Å². The number of ether oxygens (including phenoxy) is 1. The Hall–Kier alpha value is -3.18. The van der Waals surface area contributed by atoms with E-state index in [4.69, 9.17) is 4.74 Å². The van der Waals surface area contributed by atoms with Gasteiger partial charge in [-0.15, -0.1) is 11.3 Å². The van der Waals surface area contributed by atoms with E-state index in [1.165, 1.54) is 17.5 Å². The Morgan fingerprint density at radius 3 is 2.88 bits per heavy atom. The van der Waals surface area contributed by atoms with Gasteiger partial charge in [-0.05, 0) is 18.6 Å². The van der Waals surface area contributed by atoms with Crippen LogP contribution in [0.25, 0.3) is 0 Å². The average Bonchev–Trinajstić information content (AvgIpc) is 3.16. The number of nitriles is 1. The Kier molecular flexibility index (Phi) is 7.33. The van der Waals surface area contributed by atoms with Gasteiger partial charge in [-0.3, -0.25) is 4.79 Å². The molecular formula is C18H18N4O3S. The van der Waals surface area contributed by atoms with Gasteiger partial charge < -0.3 is 15.4 Å². The van der Waals surface area contributed by atoms with Crippen molar-refractivity contribution >= 4 is 34.0 Å². The van der Waals surface area contributed by atoms with Gasteiger partial charge in [0, 0.05) is 17.8 Å². The molecular weight excluding hydrogens is 352 g/mol. The van der Waals surface area contributed by atoms with E-state index in [0.29, 0.717) is 11.7 Å². The molecule has 2 aromatic rings. The van der Waals surface area contributed by atoms with Crippen LogP contribution in [0.4, 0.5) is 10.8 Å². The SMILES string of the molecule is CCCCOC(=O)c1ccccc1NC(=O)/C(C#N)=C\Nc1nccs1. The van der Waals surface area contributed by atoms with Crippen LogP contribution in [-0.2, 0) is 9.53 Å². The molecule has 2 rings (SSSR count). The molecule has 1 amide bonds. The van der Waals surface area contributed by atoms with Crippen LogP contribution in [0.15, 0.2) is 47.6 Å². The average molecular weight is 370 g/mol.